The Balaban J connectivity index is 0.00000144. The third-order valence-corrected chi connectivity index (χ3v) is 3.76. The van der Waals surface area contributed by atoms with Gasteiger partial charge in [-0.15, -0.1) is 12.4 Å². The van der Waals surface area contributed by atoms with Crippen LogP contribution in [-0.4, -0.2) is 11.7 Å². The Morgan fingerprint density at radius 2 is 2.06 bits per heavy atom. The number of hydrogen-bond acceptors (Lipinski definition) is 2. The highest BCUT2D eigenvalue weighted by molar-refractivity contribution is 5.85. The summed E-state index contributed by atoms with van der Waals surface area (Å²) in [5.74, 6) is 0.402. The van der Waals surface area contributed by atoms with E-state index in [1.54, 1.807) is 6.07 Å². The molecular formula is C14H22ClNO. The van der Waals surface area contributed by atoms with Crippen molar-refractivity contribution in [1.29, 1.82) is 0 Å². The fraction of sp³-hybridized carbons (Fsp3) is 0.571. The third-order valence-electron chi connectivity index (χ3n) is 3.76. The summed E-state index contributed by atoms with van der Waals surface area (Å²) >= 11 is 0. The molecule has 1 saturated carbocycles. The highest BCUT2D eigenvalue weighted by Gasteiger charge is 2.39. The van der Waals surface area contributed by atoms with Gasteiger partial charge in [0, 0.05) is 18.7 Å². The maximum Gasteiger partial charge on any atom is 0.120 e. The minimum absolute atomic E-state index is 0. The summed E-state index contributed by atoms with van der Waals surface area (Å²) in [4.78, 5) is 0. The standard InChI is InChI=1S/C14H21NO.ClH/c1-3-14(6-7-14)10-15-9-12-8-11(2)4-5-13(12)16;/h4-5,8,15-16H,3,6-7,9-10H2,1-2H3;1H. The van der Waals surface area contributed by atoms with Gasteiger partial charge in [0.2, 0.25) is 0 Å². The Kier molecular flexibility index (Phi) is 4.84. The molecule has 0 atom stereocenters. The van der Waals surface area contributed by atoms with Crippen LogP contribution in [0.15, 0.2) is 18.2 Å². The molecule has 1 aliphatic carbocycles. The lowest BCUT2D eigenvalue weighted by atomic mass is 10.0. The molecule has 0 radical (unpaired) electrons. The van der Waals surface area contributed by atoms with E-state index < -0.39 is 0 Å². The van der Waals surface area contributed by atoms with E-state index in [1.165, 1.54) is 24.8 Å². The highest BCUT2D eigenvalue weighted by Crippen LogP contribution is 2.47. The smallest absolute Gasteiger partial charge is 0.120 e. The molecule has 0 aromatic heterocycles. The molecule has 0 unspecified atom stereocenters. The van der Waals surface area contributed by atoms with E-state index in [9.17, 15) is 5.11 Å². The molecule has 0 aliphatic heterocycles. The SMILES string of the molecule is CCC1(CNCc2cc(C)ccc2O)CC1.Cl. The second kappa shape index (κ2) is 5.74. The number of phenols is 1. The fourth-order valence-electron chi connectivity index (χ4n) is 2.15. The minimum Gasteiger partial charge on any atom is -0.508 e. The number of benzene rings is 1. The zero-order valence-electron chi connectivity index (χ0n) is 10.6. The highest BCUT2D eigenvalue weighted by atomic mass is 35.5. The molecule has 17 heavy (non-hydrogen) atoms. The average Bonchev–Trinajstić information content (AvgIpc) is 3.04. The van der Waals surface area contributed by atoms with E-state index >= 15 is 0 Å². The van der Waals surface area contributed by atoms with Crippen molar-refractivity contribution in [3.8, 4) is 5.75 Å². The maximum absolute atomic E-state index is 9.70. The van der Waals surface area contributed by atoms with Gasteiger partial charge in [0.1, 0.15) is 5.75 Å². The average molecular weight is 256 g/mol. The fourth-order valence-corrected chi connectivity index (χ4v) is 2.15. The zero-order valence-corrected chi connectivity index (χ0v) is 11.4. The summed E-state index contributed by atoms with van der Waals surface area (Å²) in [5.41, 5.74) is 2.78. The van der Waals surface area contributed by atoms with Crippen LogP contribution >= 0.6 is 12.4 Å². The van der Waals surface area contributed by atoms with Crippen LogP contribution < -0.4 is 5.32 Å². The zero-order chi connectivity index (χ0) is 11.6. The Labute approximate surface area is 110 Å². The maximum atomic E-state index is 9.70. The van der Waals surface area contributed by atoms with Crippen molar-refractivity contribution in [2.45, 2.75) is 39.7 Å². The second-order valence-corrected chi connectivity index (χ2v) is 5.09. The summed E-state index contributed by atoms with van der Waals surface area (Å²) in [6, 6.07) is 5.76. The van der Waals surface area contributed by atoms with E-state index in [0.717, 1.165) is 18.7 Å². The van der Waals surface area contributed by atoms with Crippen LogP contribution in [0.25, 0.3) is 0 Å². The molecule has 0 spiro atoms. The molecule has 1 fully saturated rings. The van der Waals surface area contributed by atoms with Crippen molar-refractivity contribution in [3.05, 3.63) is 29.3 Å². The molecule has 0 bridgehead atoms. The van der Waals surface area contributed by atoms with E-state index in [1.807, 2.05) is 12.1 Å². The van der Waals surface area contributed by atoms with Crippen molar-refractivity contribution in [2.24, 2.45) is 5.41 Å². The Morgan fingerprint density at radius 1 is 1.35 bits per heavy atom. The number of nitrogens with one attached hydrogen (secondary N) is 1. The van der Waals surface area contributed by atoms with Gasteiger partial charge in [0.05, 0.1) is 0 Å². The first-order valence-corrected chi connectivity index (χ1v) is 6.14. The van der Waals surface area contributed by atoms with Gasteiger partial charge >= 0.3 is 0 Å². The Morgan fingerprint density at radius 3 is 2.65 bits per heavy atom. The third kappa shape index (κ3) is 3.62. The van der Waals surface area contributed by atoms with Crippen LogP contribution in [0.2, 0.25) is 0 Å². The van der Waals surface area contributed by atoms with Crippen LogP contribution in [0.4, 0.5) is 0 Å². The van der Waals surface area contributed by atoms with Crippen molar-refractivity contribution in [2.75, 3.05) is 6.54 Å². The molecule has 2 rings (SSSR count). The number of halogens is 1. The summed E-state index contributed by atoms with van der Waals surface area (Å²) in [7, 11) is 0. The largest absolute Gasteiger partial charge is 0.508 e. The Bertz CT molecular complexity index is 374. The molecular weight excluding hydrogens is 234 g/mol. The molecule has 0 saturated heterocycles. The molecule has 2 N–H and O–H groups in total. The normalized spacial score (nSPS) is 16.4. The number of phenolic OH excluding ortho intramolecular Hbond substituents is 1. The minimum atomic E-state index is 0. The van der Waals surface area contributed by atoms with Gasteiger partial charge in [-0.3, -0.25) is 0 Å². The molecule has 2 nitrogen and oxygen atoms in total. The number of rotatable bonds is 5. The first-order chi connectivity index (χ1) is 7.65. The lowest BCUT2D eigenvalue weighted by Crippen LogP contribution is -2.23. The first kappa shape index (κ1) is 14.3. The molecule has 96 valence electrons. The molecule has 1 aromatic carbocycles. The monoisotopic (exact) mass is 255 g/mol. The summed E-state index contributed by atoms with van der Waals surface area (Å²) in [5, 5.41) is 13.2. The van der Waals surface area contributed by atoms with E-state index in [4.69, 9.17) is 0 Å². The van der Waals surface area contributed by atoms with Crippen LogP contribution in [0.3, 0.4) is 0 Å². The molecule has 1 aromatic rings. The summed E-state index contributed by atoms with van der Waals surface area (Å²) < 4.78 is 0. The van der Waals surface area contributed by atoms with Crippen molar-refractivity contribution in [3.63, 3.8) is 0 Å². The second-order valence-electron chi connectivity index (χ2n) is 5.09. The molecule has 0 amide bonds. The van der Waals surface area contributed by atoms with E-state index in [-0.39, 0.29) is 12.4 Å². The van der Waals surface area contributed by atoms with Crippen molar-refractivity contribution >= 4 is 12.4 Å². The van der Waals surface area contributed by atoms with Crippen molar-refractivity contribution < 1.29 is 5.11 Å². The van der Waals surface area contributed by atoms with Gasteiger partial charge in [0.15, 0.2) is 0 Å². The van der Waals surface area contributed by atoms with Crippen LogP contribution in [0.5, 0.6) is 5.75 Å². The number of aryl methyl sites for hydroxylation is 1. The van der Waals surface area contributed by atoms with Gasteiger partial charge in [-0.05, 0) is 37.7 Å². The van der Waals surface area contributed by atoms with Gasteiger partial charge in [0.25, 0.3) is 0 Å². The Hall–Kier alpha value is -0.730. The van der Waals surface area contributed by atoms with Gasteiger partial charge < -0.3 is 10.4 Å². The predicted molar refractivity (Wildman–Crippen MR) is 73.8 cm³/mol. The quantitative estimate of drug-likeness (QED) is 0.845. The molecule has 0 heterocycles. The van der Waals surface area contributed by atoms with Gasteiger partial charge in [-0.2, -0.15) is 0 Å². The first-order valence-electron chi connectivity index (χ1n) is 6.14. The van der Waals surface area contributed by atoms with Gasteiger partial charge in [-0.25, -0.2) is 0 Å². The molecule has 1 aliphatic rings. The van der Waals surface area contributed by atoms with Crippen LogP contribution in [0, 0.1) is 12.3 Å². The lowest BCUT2D eigenvalue weighted by molar-refractivity contribution is 0.432. The van der Waals surface area contributed by atoms with E-state index in [0.29, 0.717) is 11.2 Å². The van der Waals surface area contributed by atoms with Crippen LogP contribution in [0.1, 0.15) is 37.3 Å². The molecule has 3 heteroatoms. The lowest BCUT2D eigenvalue weighted by Gasteiger charge is -2.14. The number of aromatic hydroxyl groups is 1. The van der Waals surface area contributed by atoms with Crippen LogP contribution in [-0.2, 0) is 6.54 Å². The predicted octanol–water partition coefficient (Wildman–Crippen LogP) is 3.40. The van der Waals surface area contributed by atoms with E-state index in [2.05, 4.69) is 19.2 Å². The number of hydrogen-bond donors (Lipinski definition) is 2. The topological polar surface area (TPSA) is 32.3 Å². The summed E-state index contributed by atoms with van der Waals surface area (Å²) in [6.45, 7) is 6.17. The summed E-state index contributed by atoms with van der Waals surface area (Å²) in [6.07, 6.45) is 3.98. The van der Waals surface area contributed by atoms with Crippen molar-refractivity contribution in [1.82, 2.24) is 5.32 Å². The van der Waals surface area contributed by atoms with Gasteiger partial charge in [-0.1, -0.05) is 24.6 Å².